The van der Waals surface area contributed by atoms with E-state index in [1.807, 2.05) is 47.9 Å². The number of carbonyl (C=O) groups excluding carboxylic acids is 1. The normalized spacial score (nSPS) is 20.9. The molecule has 0 spiro atoms. The molecule has 1 saturated heterocycles. The molecule has 4 rings (SSSR count). The topological polar surface area (TPSA) is 72.3 Å². The van der Waals surface area contributed by atoms with Crippen molar-refractivity contribution in [2.24, 2.45) is 0 Å². The molecule has 1 fully saturated rings. The van der Waals surface area contributed by atoms with Crippen molar-refractivity contribution in [3.63, 3.8) is 0 Å². The number of nitrogens with zero attached hydrogens (tertiary/aromatic N) is 4. The van der Waals surface area contributed by atoms with Gasteiger partial charge in [-0.25, -0.2) is 9.97 Å². The first kappa shape index (κ1) is 18.4. The van der Waals surface area contributed by atoms with E-state index in [0.717, 1.165) is 29.9 Å². The van der Waals surface area contributed by atoms with Crippen LogP contribution in [0.25, 0.3) is 11.0 Å². The molecule has 0 radical (unpaired) electrons. The average Bonchev–Trinajstić information content (AvgIpc) is 3.11. The quantitative estimate of drug-likeness (QED) is 0.753. The Morgan fingerprint density at radius 1 is 1.14 bits per heavy atom. The molecule has 0 bridgehead atoms. The molecular formula is C21H25N5O2. The lowest BCUT2D eigenvalue weighted by atomic mass is 10.2. The summed E-state index contributed by atoms with van der Waals surface area (Å²) in [6.07, 6.45) is 3.76. The third kappa shape index (κ3) is 3.71. The van der Waals surface area contributed by atoms with Crippen LogP contribution in [0.3, 0.4) is 0 Å². The highest BCUT2D eigenvalue weighted by Gasteiger charge is 2.23. The van der Waals surface area contributed by atoms with Crippen molar-refractivity contribution in [2.45, 2.75) is 39.0 Å². The van der Waals surface area contributed by atoms with E-state index < -0.39 is 0 Å². The number of para-hydroxylation sites is 2. The van der Waals surface area contributed by atoms with Crippen LogP contribution in [0.4, 0.5) is 11.5 Å². The summed E-state index contributed by atoms with van der Waals surface area (Å²) in [6, 6.07) is 11.2. The van der Waals surface area contributed by atoms with E-state index in [9.17, 15) is 4.79 Å². The number of rotatable bonds is 4. The standard InChI is InChI=1S/C21H25N5O2/c1-14-11-25(12-15(2)28-14)20-9-8-17(10-22-20)24-21(27)16(3)26-13-23-18-6-4-5-7-19(18)26/h4-10,13-16H,11-12H2,1-3H3,(H,24,27)/t14-,15+,16-/m1/s1. The van der Waals surface area contributed by atoms with E-state index in [2.05, 4.69) is 34.0 Å². The number of imidazole rings is 1. The number of amides is 1. The fraction of sp³-hybridized carbons (Fsp3) is 0.381. The number of anilines is 2. The number of pyridine rings is 1. The lowest BCUT2D eigenvalue weighted by Crippen LogP contribution is -2.45. The van der Waals surface area contributed by atoms with Gasteiger partial charge in [0.15, 0.2) is 0 Å². The highest BCUT2D eigenvalue weighted by Crippen LogP contribution is 2.21. The summed E-state index contributed by atoms with van der Waals surface area (Å²) < 4.78 is 7.65. The second-order valence-electron chi connectivity index (χ2n) is 7.37. The molecule has 0 aliphatic carbocycles. The molecule has 3 aromatic rings. The number of morpholine rings is 1. The van der Waals surface area contributed by atoms with E-state index in [1.54, 1.807) is 12.5 Å². The molecule has 28 heavy (non-hydrogen) atoms. The Morgan fingerprint density at radius 2 is 1.89 bits per heavy atom. The minimum atomic E-state index is -0.381. The molecule has 1 amide bonds. The fourth-order valence-corrected chi connectivity index (χ4v) is 3.67. The van der Waals surface area contributed by atoms with Gasteiger partial charge in [0.05, 0.1) is 41.5 Å². The fourth-order valence-electron chi connectivity index (χ4n) is 3.67. The Kier molecular flexibility index (Phi) is 5.00. The smallest absolute Gasteiger partial charge is 0.247 e. The van der Waals surface area contributed by atoms with Gasteiger partial charge in [-0.05, 0) is 45.0 Å². The first-order valence-electron chi connectivity index (χ1n) is 9.60. The second-order valence-corrected chi connectivity index (χ2v) is 7.37. The number of carbonyl (C=O) groups is 1. The maximum atomic E-state index is 12.7. The largest absolute Gasteiger partial charge is 0.372 e. The lowest BCUT2D eigenvalue weighted by molar-refractivity contribution is -0.118. The maximum absolute atomic E-state index is 12.7. The second kappa shape index (κ2) is 7.59. The zero-order valence-electron chi connectivity index (χ0n) is 16.4. The molecule has 7 heteroatoms. The zero-order valence-corrected chi connectivity index (χ0v) is 16.4. The van der Waals surface area contributed by atoms with E-state index in [4.69, 9.17) is 4.74 Å². The van der Waals surface area contributed by atoms with Gasteiger partial charge in [-0.1, -0.05) is 12.1 Å². The molecule has 0 saturated carbocycles. The Hall–Kier alpha value is -2.93. The number of nitrogens with one attached hydrogen (secondary N) is 1. The van der Waals surface area contributed by atoms with Crippen molar-refractivity contribution in [1.82, 2.24) is 14.5 Å². The van der Waals surface area contributed by atoms with Crippen LogP contribution in [0.5, 0.6) is 0 Å². The minimum absolute atomic E-state index is 0.105. The van der Waals surface area contributed by atoms with Crippen molar-refractivity contribution in [1.29, 1.82) is 0 Å². The van der Waals surface area contributed by atoms with Gasteiger partial charge in [0.2, 0.25) is 5.91 Å². The predicted octanol–water partition coefficient (Wildman–Crippen LogP) is 3.24. The lowest BCUT2D eigenvalue weighted by Gasteiger charge is -2.36. The van der Waals surface area contributed by atoms with E-state index in [0.29, 0.717) is 5.69 Å². The summed E-state index contributed by atoms with van der Waals surface area (Å²) in [5.41, 5.74) is 2.50. The van der Waals surface area contributed by atoms with Gasteiger partial charge in [0, 0.05) is 13.1 Å². The van der Waals surface area contributed by atoms with E-state index in [-0.39, 0.29) is 24.2 Å². The van der Waals surface area contributed by atoms with Crippen molar-refractivity contribution in [3.8, 4) is 0 Å². The Morgan fingerprint density at radius 3 is 2.61 bits per heavy atom. The van der Waals surface area contributed by atoms with Gasteiger partial charge >= 0.3 is 0 Å². The monoisotopic (exact) mass is 379 g/mol. The summed E-state index contributed by atoms with van der Waals surface area (Å²) in [5.74, 6) is 0.792. The third-order valence-corrected chi connectivity index (χ3v) is 5.04. The Labute approximate surface area is 164 Å². The number of aromatic nitrogens is 3. The van der Waals surface area contributed by atoms with Crippen molar-refractivity contribution in [2.75, 3.05) is 23.3 Å². The third-order valence-electron chi connectivity index (χ3n) is 5.04. The Balaban J connectivity index is 1.44. The molecule has 1 aliphatic heterocycles. The summed E-state index contributed by atoms with van der Waals surface area (Å²) in [7, 11) is 0. The molecule has 0 unspecified atom stereocenters. The zero-order chi connectivity index (χ0) is 19.7. The summed E-state index contributed by atoms with van der Waals surface area (Å²) in [5, 5.41) is 2.95. The van der Waals surface area contributed by atoms with Gasteiger partial charge in [-0.15, -0.1) is 0 Å². The van der Waals surface area contributed by atoms with Crippen LogP contribution in [0, 0.1) is 0 Å². The molecule has 3 atom stereocenters. The van der Waals surface area contributed by atoms with Crippen molar-refractivity contribution >= 4 is 28.4 Å². The number of fused-ring (bicyclic) bond motifs is 1. The molecule has 3 heterocycles. The van der Waals surface area contributed by atoms with Crippen LogP contribution in [-0.4, -0.2) is 45.7 Å². The summed E-state index contributed by atoms with van der Waals surface area (Å²) in [6.45, 7) is 7.63. The van der Waals surface area contributed by atoms with Gasteiger partial charge in [0.1, 0.15) is 11.9 Å². The first-order valence-corrected chi connectivity index (χ1v) is 9.60. The van der Waals surface area contributed by atoms with Crippen molar-refractivity contribution < 1.29 is 9.53 Å². The van der Waals surface area contributed by atoms with Gasteiger partial charge in [0.25, 0.3) is 0 Å². The summed E-state index contributed by atoms with van der Waals surface area (Å²) >= 11 is 0. The molecule has 2 aromatic heterocycles. The van der Waals surface area contributed by atoms with E-state index in [1.165, 1.54) is 0 Å². The molecule has 1 aromatic carbocycles. The number of hydrogen-bond donors (Lipinski definition) is 1. The van der Waals surface area contributed by atoms with Gasteiger partial charge in [-0.3, -0.25) is 4.79 Å². The van der Waals surface area contributed by atoms with Gasteiger partial charge in [-0.2, -0.15) is 0 Å². The van der Waals surface area contributed by atoms with Crippen LogP contribution in [0.1, 0.15) is 26.8 Å². The first-order chi connectivity index (χ1) is 13.5. The van der Waals surface area contributed by atoms with E-state index >= 15 is 0 Å². The molecule has 1 N–H and O–H groups in total. The summed E-state index contributed by atoms with van der Waals surface area (Å²) in [4.78, 5) is 23.8. The predicted molar refractivity (Wildman–Crippen MR) is 110 cm³/mol. The van der Waals surface area contributed by atoms with Crippen LogP contribution in [0.15, 0.2) is 48.9 Å². The molecule has 1 aliphatic rings. The maximum Gasteiger partial charge on any atom is 0.247 e. The highest BCUT2D eigenvalue weighted by atomic mass is 16.5. The van der Waals surface area contributed by atoms with Crippen molar-refractivity contribution in [3.05, 3.63) is 48.9 Å². The number of benzene rings is 1. The molecule has 7 nitrogen and oxygen atoms in total. The van der Waals surface area contributed by atoms with Gasteiger partial charge < -0.3 is 19.5 Å². The van der Waals surface area contributed by atoms with Crippen LogP contribution >= 0.6 is 0 Å². The number of ether oxygens (including phenoxy) is 1. The minimum Gasteiger partial charge on any atom is -0.372 e. The van der Waals surface area contributed by atoms with Crippen LogP contribution in [0.2, 0.25) is 0 Å². The average molecular weight is 379 g/mol. The molecular weight excluding hydrogens is 354 g/mol. The van der Waals surface area contributed by atoms with Crippen LogP contribution in [-0.2, 0) is 9.53 Å². The Bertz CT molecular complexity index is 958. The SMILES string of the molecule is C[C@@H]1CN(c2ccc(NC(=O)[C@@H](C)n3cnc4ccccc43)cn2)C[C@H](C)O1. The highest BCUT2D eigenvalue weighted by molar-refractivity contribution is 5.94. The molecule has 146 valence electrons. The van der Waals surface area contributed by atoms with Crippen LogP contribution < -0.4 is 10.2 Å². The number of hydrogen-bond acceptors (Lipinski definition) is 5.